The van der Waals surface area contributed by atoms with Crippen molar-refractivity contribution < 1.29 is 10.0 Å². The summed E-state index contributed by atoms with van der Waals surface area (Å²) in [5, 5.41) is 29.3. The number of nitriles is 1. The smallest absolute Gasteiger partial charge is 0.270 e. The normalized spacial score (nSPS) is 19.3. The minimum atomic E-state index is -0.518. The third-order valence-electron chi connectivity index (χ3n) is 3.05. The van der Waals surface area contributed by atoms with Crippen molar-refractivity contribution in [3.63, 3.8) is 0 Å². The van der Waals surface area contributed by atoms with Crippen LogP contribution >= 0.6 is 0 Å². The van der Waals surface area contributed by atoms with E-state index in [9.17, 15) is 15.2 Å². The fourth-order valence-electron chi connectivity index (χ4n) is 2.18. The summed E-state index contributed by atoms with van der Waals surface area (Å²) in [5.41, 5.74) is 0.841. The molecule has 6 nitrogen and oxygen atoms in total. The molecule has 1 fully saturated rings. The molecule has 1 aliphatic heterocycles. The molecule has 94 valence electrons. The molecule has 1 aromatic carbocycles. The van der Waals surface area contributed by atoms with Crippen molar-refractivity contribution in [2.75, 3.05) is 18.0 Å². The lowest BCUT2D eigenvalue weighted by atomic mass is 10.1. The Morgan fingerprint density at radius 3 is 2.94 bits per heavy atom. The van der Waals surface area contributed by atoms with Crippen molar-refractivity contribution in [1.29, 1.82) is 5.26 Å². The van der Waals surface area contributed by atoms with E-state index in [2.05, 4.69) is 0 Å². The van der Waals surface area contributed by atoms with Gasteiger partial charge in [-0.25, -0.2) is 0 Å². The van der Waals surface area contributed by atoms with Crippen LogP contribution < -0.4 is 4.90 Å². The number of aliphatic hydroxyl groups excluding tert-OH is 1. The Hall–Kier alpha value is -2.13. The largest absolute Gasteiger partial charge is 0.391 e. The van der Waals surface area contributed by atoms with Gasteiger partial charge in [0.15, 0.2) is 0 Å². The van der Waals surface area contributed by atoms with Gasteiger partial charge in [-0.3, -0.25) is 10.1 Å². The highest BCUT2D eigenvalue weighted by Crippen LogP contribution is 2.27. The maximum Gasteiger partial charge on any atom is 0.270 e. The quantitative estimate of drug-likeness (QED) is 0.630. The average Bonchev–Trinajstić information content (AvgIpc) is 2.37. The van der Waals surface area contributed by atoms with Crippen LogP contribution in [0.25, 0.3) is 0 Å². The molecule has 0 aromatic heterocycles. The highest BCUT2D eigenvalue weighted by atomic mass is 16.6. The molecule has 1 saturated heterocycles. The third kappa shape index (κ3) is 2.41. The van der Waals surface area contributed by atoms with Gasteiger partial charge >= 0.3 is 0 Å². The molecule has 0 radical (unpaired) electrons. The van der Waals surface area contributed by atoms with E-state index >= 15 is 0 Å². The van der Waals surface area contributed by atoms with Gasteiger partial charge < -0.3 is 10.0 Å². The molecule has 1 N–H and O–H groups in total. The Morgan fingerprint density at radius 1 is 1.56 bits per heavy atom. The van der Waals surface area contributed by atoms with E-state index in [1.807, 2.05) is 11.0 Å². The second-order valence-electron chi connectivity index (χ2n) is 4.31. The topological polar surface area (TPSA) is 90.4 Å². The van der Waals surface area contributed by atoms with E-state index in [1.165, 1.54) is 12.1 Å². The van der Waals surface area contributed by atoms with E-state index in [1.54, 1.807) is 6.07 Å². The van der Waals surface area contributed by atoms with Crippen LogP contribution in [0.5, 0.6) is 0 Å². The number of non-ortho nitro benzene ring substituents is 1. The van der Waals surface area contributed by atoms with E-state index in [4.69, 9.17) is 5.26 Å². The number of nitro groups is 1. The van der Waals surface area contributed by atoms with Crippen molar-refractivity contribution in [3.05, 3.63) is 33.9 Å². The first kappa shape index (κ1) is 12.3. The summed E-state index contributed by atoms with van der Waals surface area (Å²) in [5.74, 6) is 0. The Labute approximate surface area is 104 Å². The number of hydrogen-bond acceptors (Lipinski definition) is 5. The molecule has 0 amide bonds. The Bertz CT molecular complexity index is 510. The van der Waals surface area contributed by atoms with Gasteiger partial charge in [0, 0.05) is 25.2 Å². The average molecular weight is 247 g/mol. The van der Waals surface area contributed by atoms with E-state index in [0.29, 0.717) is 12.2 Å². The van der Waals surface area contributed by atoms with Gasteiger partial charge in [0.1, 0.15) is 6.07 Å². The summed E-state index contributed by atoms with van der Waals surface area (Å²) in [6, 6.07) is 6.21. The number of aliphatic hydroxyl groups is 1. The molecule has 0 saturated carbocycles. The lowest BCUT2D eigenvalue weighted by Crippen LogP contribution is -2.38. The van der Waals surface area contributed by atoms with Gasteiger partial charge in [-0.1, -0.05) is 0 Å². The van der Waals surface area contributed by atoms with Crippen LogP contribution in [0.3, 0.4) is 0 Å². The molecule has 1 aliphatic rings. The van der Waals surface area contributed by atoms with E-state index < -0.39 is 11.0 Å². The first-order chi connectivity index (χ1) is 8.61. The lowest BCUT2D eigenvalue weighted by molar-refractivity contribution is -0.384. The molecule has 0 unspecified atom stereocenters. The van der Waals surface area contributed by atoms with Gasteiger partial charge in [-0.15, -0.1) is 0 Å². The van der Waals surface area contributed by atoms with Crippen molar-refractivity contribution in [1.82, 2.24) is 0 Å². The minimum Gasteiger partial charge on any atom is -0.391 e. The van der Waals surface area contributed by atoms with E-state index in [-0.39, 0.29) is 11.3 Å². The van der Waals surface area contributed by atoms with Crippen molar-refractivity contribution >= 4 is 11.4 Å². The zero-order valence-corrected chi connectivity index (χ0v) is 9.74. The summed E-state index contributed by atoms with van der Waals surface area (Å²) in [7, 11) is 0. The summed E-state index contributed by atoms with van der Waals surface area (Å²) in [6.45, 7) is 1.22. The number of nitro benzene ring substituents is 1. The first-order valence-corrected chi connectivity index (χ1v) is 5.73. The Morgan fingerprint density at radius 2 is 2.33 bits per heavy atom. The number of nitrogens with zero attached hydrogens (tertiary/aromatic N) is 3. The molecule has 6 heteroatoms. The predicted octanol–water partition coefficient (Wildman–Crippen LogP) is 1.43. The summed E-state index contributed by atoms with van der Waals surface area (Å²) in [6.07, 6.45) is 1.20. The van der Waals surface area contributed by atoms with Crippen LogP contribution in [0.15, 0.2) is 18.2 Å². The van der Waals surface area contributed by atoms with Gasteiger partial charge in [0.05, 0.1) is 22.3 Å². The third-order valence-corrected chi connectivity index (χ3v) is 3.05. The molecule has 2 rings (SSSR count). The fraction of sp³-hybridized carbons (Fsp3) is 0.417. The van der Waals surface area contributed by atoms with Crippen LogP contribution in [0.4, 0.5) is 11.4 Å². The van der Waals surface area contributed by atoms with Crippen LogP contribution in [-0.2, 0) is 0 Å². The van der Waals surface area contributed by atoms with Gasteiger partial charge in [0.2, 0.25) is 0 Å². The predicted molar refractivity (Wildman–Crippen MR) is 65.3 cm³/mol. The second-order valence-corrected chi connectivity index (χ2v) is 4.31. The lowest BCUT2D eigenvalue weighted by Gasteiger charge is -2.32. The number of anilines is 1. The molecule has 1 heterocycles. The van der Waals surface area contributed by atoms with Crippen molar-refractivity contribution in [2.24, 2.45) is 0 Å². The van der Waals surface area contributed by atoms with Crippen LogP contribution in [-0.4, -0.2) is 29.2 Å². The van der Waals surface area contributed by atoms with Crippen LogP contribution in [0, 0.1) is 21.4 Å². The molecule has 0 spiro atoms. The highest BCUT2D eigenvalue weighted by molar-refractivity contribution is 5.63. The summed E-state index contributed by atoms with van der Waals surface area (Å²) >= 11 is 0. The first-order valence-electron chi connectivity index (χ1n) is 5.73. The maximum atomic E-state index is 10.7. The highest BCUT2D eigenvalue weighted by Gasteiger charge is 2.21. The van der Waals surface area contributed by atoms with Crippen LogP contribution in [0.1, 0.15) is 18.4 Å². The van der Waals surface area contributed by atoms with Gasteiger partial charge in [0.25, 0.3) is 5.69 Å². The van der Waals surface area contributed by atoms with Crippen LogP contribution in [0.2, 0.25) is 0 Å². The standard InChI is InChI=1S/C12H13N3O3/c13-7-9-6-10(15(17)18)3-4-12(9)14-5-1-2-11(16)8-14/h3-4,6,11,16H,1-2,5,8H2/t11-/m0/s1. The number of rotatable bonds is 2. The summed E-state index contributed by atoms with van der Waals surface area (Å²) < 4.78 is 0. The Balaban J connectivity index is 2.33. The minimum absolute atomic E-state index is 0.0899. The molecular formula is C12H13N3O3. The van der Waals surface area contributed by atoms with Crippen molar-refractivity contribution in [2.45, 2.75) is 18.9 Å². The Kier molecular flexibility index (Phi) is 3.44. The number of benzene rings is 1. The zero-order chi connectivity index (χ0) is 13.1. The molecule has 1 aromatic rings. The fourth-order valence-corrected chi connectivity index (χ4v) is 2.18. The van der Waals surface area contributed by atoms with Gasteiger partial charge in [-0.05, 0) is 18.9 Å². The maximum absolute atomic E-state index is 10.7. The second kappa shape index (κ2) is 5.02. The molecule has 1 atom stereocenters. The molecule has 0 aliphatic carbocycles. The SMILES string of the molecule is N#Cc1cc([N+](=O)[O-])ccc1N1CCC[C@H](O)C1. The molecular weight excluding hydrogens is 234 g/mol. The number of hydrogen-bond donors (Lipinski definition) is 1. The number of piperidine rings is 1. The number of β-amino-alcohol motifs (C(OH)–C–C–N with tert-alkyl or cyclic N) is 1. The monoisotopic (exact) mass is 247 g/mol. The van der Waals surface area contributed by atoms with Crippen molar-refractivity contribution in [3.8, 4) is 6.07 Å². The van der Waals surface area contributed by atoms with E-state index in [0.717, 1.165) is 19.4 Å². The molecule has 0 bridgehead atoms. The zero-order valence-electron chi connectivity index (χ0n) is 9.74. The molecule has 18 heavy (non-hydrogen) atoms. The van der Waals surface area contributed by atoms with Gasteiger partial charge in [-0.2, -0.15) is 5.26 Å². The summed E-state index contributed by atoms with van der Waals surface area (Å²) in [4.78, 5) is 12.0.